The summed E-state index contributed by atoms with van der Waals surface area (Å²) in [6.07, 6.45) is 0.100. The molecular weight excluding hydrogens is 450 g/mol. The van der Waals surface area contributed by atoms with Gasteiger partial charge in [-0.3, -0.25) is 19.2 Å². The fraction of sp³-hybridized carbons (Fsp3) is 0.154. The van der Waals surface area contributed by atoms with E-state index in [-0.39, 0.29) is 30.0 Å². The summed E-state index contributed by atoms with van der Waals surface area (Å²) >= 11 is 1.32. The van der Waals surface area contributed by atoms with Crippen LogP contribution in [0.25, 0.3) is 0 Å². The van der Waals surface area contributed by atoms with Gasteiger partial charge in [-0.25, -0.2) is 4.90 Å². The molecule has 4 amide bonds. The number of hydrogen-bond acceptors (Lipinski definition) is 5. The minimum absolute atomic E-state index is 0.100. The Morgan fingerprint density at radius 1 is 0.853 bits per heavy atom. The Labute approximate surface area is 201 Å². The number of aryl methyl sites for hydroxylation is 1. The van der Waals surface area contributed by atoms with Crippen molar-refractivity contribution in [3.8, 4) is 0 Å². The summed E-state index contributed by atoms with van der Waals surface area (Å²) < 4.78 is 0. The molecule has 7 nitrogen and oxygen atoms in total. The molecule has 1 aliphatic rings. The average Bonchev–Trinajstić information content (AvgIpc) is 3.08. The Hall–Kier alpha value is -3.91. The van der Waals surface area contributed by atoms with Crippen molar-refractivity contribution in [1.82, 2.24) is 0 Å². The molecule has 1 atom stereocenters. The Bertz CT molecular complexity index is 1240. The molecule has 0 aliphatic carbocycles. The number of hydrogen-bond donors (Lipinski definition) is 2. The van der Waals surface area contributed by atoms with E-state index in [9.17, 15) is 19.2 Å². The summed E-state index contributed by atoms with van der Waals surface area (Å²) in [6, 6.07) is 21.1. The maximum Gasteiger partial charge on any atom is 0.255 e. The van der Waals surface area contributed by atoms with Crippen LogP contribution in [-0.2, 0) is 14.4 Å². The quantitative estimate of drug-likeness (QED) is 0.509. The van der Waals surface area contributed by atoms with Crippen LogP contribution in [0.5, 0.6) is 0 Å². The van der Waals surface area contributed by atoms with Gasteiger partial charge in [0.05, 0.1) is 10.9 Å². The van der Waals surface area contributed by atoms with Crippen molar-refractivity contribution in [3.63, 3.8) is 0 Å². The molecule has 0 bridgehead atoms. The third-order valence-electron chi connectivity index (χ3n) is 5.26. The molecule has 2 N–H and O–H groups in total. The van der Waals surface area contributed by atoms with Crippen LogP contribution >= 0.6 is 11.8 Å². The number of imide groups is 1. The standard InChI is InChI=1S/C26H23N3O4S/c1-16-3-5-18(6-4-16)25(32)28-20-9-13-22(14-10-20)34-23-15-24(31)29(26(23)33)21-11-7-19(8-12-21)27-17(2)30/h3-14,23H,15H2,1-2H3,(H,27,30)(H,28,32). The molecule has 0 spiro atoms. The van der Waals surface area contributed by atoms with Gasteiger partial charge in [-0.2, -0.15) is 0 Å². The Balaban J connectivity index is 1.38. The van der Waals surface area contributed by atoms with Crippen LogP contribution in [0.3, 0.4) is 0 Å². The van der Waals surface area contributed by atoms with Crippen molar-refractivity contribution in [2.45, 2.75) is 30.4 Å². The fourth-order valence-electron chi connectivity index (χ4n) is 3.55. The molecule has 0 radical (unpaired) electrons. The Morgan fingerprint density at radius 2 is 1.44 bits per heavy atom. The molecule has 1 heterocycles. The SMILES string of the molecule is CC(=O)Nc1ccc(N2C(=O)CC(Sc3ccc(NC(=O)c4ccc(C)cc4)cc3)C2=O)cc1. The highest BCUT2D eigenvalue weighted by Gasteiger charge is 2.40. The van der Waals surface area contributed by atoms with E-state index in [0.717, 1.165) is 10.5 Å². The van der Waals surface area contributed by atoms with E-state index in [1.807, 2.05) is 31.2 Å². The minimum Gasteiger partial charge on any atom is -0.326 e. The normalized spacial score (nSPS) is 15.4. The number of nitrogens with zero attached hydrogens (tertiary/aromatic N) is 1. The molecule has 8 heteroatoms. The molecule has 4 rings (SSSR count). The third kappa shape index (κ3) is 5.35. The van der Waals surface area contributed by atoms with Gasteiger partial charge >= 0.3 is 0 Å². The van der Waals surface area contributed by atoms with Crippen LogP contribution in [0.2, 0.25) is 0 Å². The van der Waals surface area contributed by atoms with Gasteiger partial charge in [-0.1, -0.05) is 17.7 Å². The molecule has 0 saturated carbocycles. The zero-order valence-corrected chi connectivity index (χ0v) is 19.5. The highest BCUT2D eigenvalue weighted by atomic mass is 32.2. The van der Waals surface area contributed by atoms with Crippen molar-refractivity contribution in [3.05, 3.63) is 83.9 Å². The van der Waals surface area contributed by atoms with Gasteiger partial charge in [0.2, 0.25) is 17.7 Å². The van der Waals surface area contributed by atoms with Gasteiger partial charge in [0.1, 0.15) is 0 Å². The van der Waals surface area contributed by atoms with Crippen LogP contribution in [0.1, 0.15) is 29.3 Å². The Kier molecular flexibility index (Phi) is 6.79. The summed E-state index contributed by atoms with van der Waals surface area (Å²) in [5.41, 5.74) is 3.37. The molecule has 3 aromatic rings. The van der Waals surface area contributed by atoms with Crippen LogP contribution in [0.4, 0.5) is 17.1 Å². The van der Waals surface area contributed by atoms with E-state index in [1.165, 1.54) is 23.6 Å². The summed E-state index contributed by atoms with van der Waals surface area (Å²) in [6.45, 7) is 3.37. The summed E-state index contributed by atoms with van der Waals surface area (Å²) in [7, 11) is 0. The van der Waals surface area contributed by atoms with Crippen LogP contribution in [-0.4, -0.2) is 28.9 Å². The van der Waals surface area contributed by atoms with E-state index < -0.39 is 5.25 Å². The van der Waals surface area contributed by atoms with Crippen LogP contribution in [0, 0.1) is 6.92 Å². The first-order valence-electron chi connectivity index (χ1n) is 10.7. The highest BCUT2D eigenvalue weighted by Crippen LogP contribution is 2.34. The van der Waals surface area contributed by atoms with E-state index in [2.05, 4.69) is 10.6 Å². The number of carbonyl (C=O) groups excluding carboxylic acids is 4. The molecular formula is C26H23N3O4S. The first kappa shape index (κ1) is 23.3. The second-order valence-electron chi connectivity index (χ2n) is 7.95. The fourth-order valence-corrected chi connectivity index (χ4v) is 4.61. The van der Waals surface area contributed by atoms with Crippen molar-refractivity contribution < 1.29 is 19.2 Å². The zero-order chi connectivity index (χ0) is 24.2. The summed E-state index contributed by atoms with van der Waals surface area (Å²) in [5, 5.41) is 4.98. The van der Waals surface area contributed by atoms with Crippen LogP contribution in [0.15, 0.2) is 77.7 Å². The lowest BCUT2D eigenvalue weighted by Crippen LogP contribution is -2.31. The number of carbonyl (C=O) groups is 4. The number of nitrogens with one attached hydrogen (secondary N) is 2. The second-order valence-corrected chi connectivity index (χ2v) is 9.23. The van der Waals surface area contributed by atoms with Crippen molar-refractivity contribution >= 4 is 52.5 Å². The molecule has 1 fully saturated rings. The number of anilines is 3. The number of rotatable bonds is 6. The molecule has 3 aromatic carbocycles. The predicted octanol–water partition coefficient (Wildman–Crippen LogP) is 4.63. The van der Waals surface area contributed by atoms with Gasteiger partial charge in [0.25, 0.3) is 5.91 Å². The highest BCUT2D eigenvalue weighted by molar-refractivity contribution is 8.00. The Morgan fingerprint density at radius 3 is 2.06 bits per heavy atom. The zero-order valence-electron chi connectivity index (χ0n) is 18.7. The maximum atomic E-state index is 12.9. The molecule has 34 heavy (non-hydrogen) atoms. The summed E-state index contributed by atoms with van der Waals surface area (Å²) in [5.74, 6) is -0.939. The van der Waals surface area contributed by atoms with E-state index in [4.69, 9.17) is 0 Å². The van der Waals surface area contributed by atoms with Gasteiger partial charge in [0, 0.05) is 35.2 Å². The lowest BCUT2D eigenvalue weighted by Gasteiger charge is -2.15. The van der Waals surface area contributed by atoms with Crippen molar-refractivity contribution in [1.29, 1.82) is 0 Å². The number of benzene rings is 3. The van der Waals surface area contributed by atoms with Gasteiger partial charge in [-0.15, -0.1) is 11.8 Å². The smallest absolute Gasteiger partial charge is 0.255 e. The van der Waals surface area contributed by atoms with Crippen molar-refractivity contribution in [2.24, 2.45) is 0 Å². The summed E-state index contributed by atoms with van der Waals surface area (Å²) in [4.78, 5) is 51.1. The molecule has 0 aromatic heterocycles. The van der Waals surface area contributed by atoms with E-state index >= 15 is 0 Å². The number of amides is 4. The predicted molar refractivity (Wildman–Crippen MR) is 133 cm³/mol. The van der Waals surface area contributed by atoms with E-state index in [1.54, 1.807) is 48.5 Å². The van der Waals surface area contributed by atoms with Gasteiger partial charge < -0.3 is 10.6 Å². The number of thioether (sulfide) groups is 1. The molecule has 1 unspecified atom stereocenters. The lowest BCUT2D eigenvalue weighted by atomic mass is 10.1. The van der Waals surface area contributed by atoms with E-state index in [0.29, 0.717) is 22.6 Å². The lowest BCUT2D eigenvalue weighted by molar-refractivity contribution is -0.121. The second kappa shape index (κ2) is 9.93. The third-order valence-corrected chi connectivity index (χ3v) is 6.45. The molecule has 172 valence electrons. The minimum atomic E-state index is -0.532. The first-order valence-corrected chi connectivity index (χ1v) is 11.6. The van der Waals surface area contributed by atoms with Crippen LogP contribution < -0.4 is 15.5 Å². The average molecular weight is 474 g/mol. The van der Waals surface area contributed by atoms with Gasteiger partial charge in [-0.05, 0) is 67.6 Å². The molecule has 1 saturated heterocycles. The monoisotopic (exact) mass is 473 g/mol. The topological polar surface area (TPSA) is 95.6 Å². The molecule has 1 aliphatic heterocycles. The largest absolute Gasteiger partial charge is 0.326 e. The maximum absolute atomic E-state index is 12.9. The van der Waals surface area contributed by atoms with Gasteiger partial charge in [0.15, 0.2) is 0 Å². The van der Waals surface area contributed by atoms with Crippen molar-refractivity contribution in [2.75, 3.05) is 15.5 Å². The first-order chi connectivity index (χ1) is 16.3.